The summed E-state index contributed by atoms with van der Waals surface area (Å²) in [6.45, 7) is 6.60. The van der Waals surface area contributed by atoms with Crippen molar-refractivity contribution in [3.63, 3.8) is 0 Å². The fourth-order valence-corrected chi connectivity index (χ4v) is 8.85. The number of halogens is 1. The lowest BCUT2D eigenvalue weighted by atomic mass is 9.88. The largest absolute Gasteiger partial charge is 0.508 e. The summed E-state index contributed by atoms with van der Waals surface area (Å²) in [6.07, 6.45) is 13.9. The molecule has 5 aromatic rings. The van der Waals surface area contributed by atoms with Crippen molar-refractivity contribution >= 4 is 62.3 Å². The van der Waals surface area contributed by atoms with E-state index in [9.17, 15) is 33.3 Å². The van der Waals surface area contributed by atoms with Crippen LogP contribution in [0.2, 0.25) is 0 Å². The number of ketones is 1. The maximum Gasteiger partial charge on any atom is 0.303 e. The maximum absolute atomic E-state index is 12.1. The molecule has 0 saturated heterocycles. The number of unbranched alkanes of at least 4 members (excludes halogenated alkanes) is 5. The number of nitrogens with one attached hydrogen (secondary N) is 1. The van der Waals surface area contributed by atoms with E-state index in [4.69, 9.17) is 28.6 Å². The van der Waals surface area contributed by atoms with Crippen molar-refractivity contribution in [2.45, 2.75) is 103 Å². The van der Waals surface area contributed by atoms with Crippen LogP contribution in [0.1, 0.15) is 94.4 Å². The number of carboxylic acid groups (broad SMARTS) is 1. The van der Waals surface area contributed by atoms with E-state index in [1.807, 2.05) is 60.8 Å². The Bertz CT molecular complexity index is 2770. The van der Waals surface area contributed by atoms with Gasteiger partial charge in [-0.25, -0.2) is 0 Å². The number of fused-ring (bicyclic) bond motifs is 1. The lowest BCUT2D eigenvalue weighted by Gasteiger charge is -2.25. The van der Waals surface area contributed by atoms with Gasteiger partial charge >= 0.3 is 5.97 Å². The zero-order valence-electron chi connectivity index (χ0n) is 45.4. The average molecular weight is 1110 g/mol. The summed E-state index contributed by atoms with van der Waals surface area (Å²) in [7, 11) is 2.86. The number of carbonyl (C=O) groups is 2. The van der Waals surface area contributed by atoms with Gasteiger partial charge in [-0.2, -0.15) is 8.42 Å². The number of ether oxygens (including phenoxy) is 4. The minimum atomic E-state index is -3.67. The number of pyridine rings is 1. The van der Waals surface area contributed by atoms with Crippen molar-refractivity contribution in [3.05, 3.63) is 120 Å². The summed E-state index contributed by atoms with van der Waals surface area (Å²) >= 11 is 0. The Hall–Kier alpha value is -6.44. The molecule has 4 atom stereocenters. The van der Waals surface area contributed by atoms with Gasteiger partial charge in [0.25, 0.3) is 10.1 Å². The summed E-state index contributed by atoms with van der Waals surface area (Å²) < 4.78 is 47.4. The zero-order chi connectivity index (χ0) is 55.6. The van der Waals surface area contributed by atoms with Crippen molar-refractivity contribution in [2.24, 2.45) is 16.8 Å². The highest BCUT2D eigenvalue weighted by molar-refractivity contribution is 7.85. The van der Waals surface area contributed by atoms with Gasteiger partial charge in [0.15, 0.2) is 23.0 Å². The summed E-state index contributed by atoms with van der Waals surface area (Å²) in [5, 5.41) is 43.9. The molecule has 4 aromatic carbocycles. The van der Waals surface area contributed by atoms with Crippen molar-refractivity contribution in [1.29, 1.82) is 0 Å². The highest BCUT2D eigenvalue weighted by Crippen LogP contribution is 2.36. The number of carbonyl (C=O) groups excluding carboxylic acids is 1. The molecule has 0 radical (unpaired) electrons. The Morgan fingerprint density at radius 1 is 0.857 bits per heavy atom. The molecule has 2 heterocycles. The molecule has 19 heteroatoms. The maximum atomic E-state index is 12.1. The number of aliphatic hydroxyl groups is 2. The Kier molecular flexibility index (Phi) is 28.3. The number of carboxylic acids is 1. The summed E-state index contributed by atoms with van der Waals surface area (Å²) in [6, 6.07) is 27.5. The molecule has 0 bridgehead atoms. The van der Waals surface area contributed by atoms with Crippen LogP contribution in [0.15, 0.2) is 108 Å². The van der Waals surface area contributed by atoms with Crippen molar-refractivity contribution in [3.8, 4) is 28.7 Å². The molecule has 2 aliphatic rings. The van der Waals surface area contributed by atoms with Gasteiger partial charge in [0.1, 0.15) is 17.4 Å². The first-order valence-corrected chi connectivity index (χ1v) is 27.5. The minimum Gasteiger partial charge on any atom is -0.508 e. The second-order valence-electron chi connectivity index (χ2n) is 18.7. The quantitative estimate of drug-likeness (QED) is 0.0202. The van der Waals surface area contributed by atoms with Gasteiger partial charge in [-0.05, 0) is 91.7 Å². The molecule has 7 rings (SSSR count). The molecule has 1 aliphatic heterocycles. The number of aromatic hydroxyl groups is 1. The molecule has 422 valence electrons. The topological polar surface area (TPSA) is 247 Å². The molecule has 77 heavy (non-hydrogen) atoms. The molecular formula is C58H79ClN4O13S. The Labute approximate surface area is 460 Å². The number of phenolic OH excluding ortho intramolecular Hbond substituents is 1. The van der Waals surface area contributed by atoms with E-state index in [1.165, 1.54) is 5.56 Å². The normalized spacial score (nSPS) is 16.0. The van der Waals surface area contributed by atoms with E-state index in [0.29, 0.717) is 48.6 Å². The SMILES string of the molecule is CCCCC[C@H](O)/C=C/[C@H]1[C@H](O)CC(=O)[C@@H]1CCCCCCC(=O)O.COc1ccc(Cc2nccc3cc(OC)c(OC)cc23)cc1OC.CS(=O)(=O)O.Cc1ccc(N(CC2=NCCN2)c2cccc(O)c2)cc1.Cl. The third kappa shape index (κ3) is 22.6. The van der Waals surface area contributed by atoms with E-state index < -0.39 is 28.3 Å². The Morgan fingerprint density at radius 2 is 1.52 bits per heavy atom. The number of hydrogen-bond acceptors (Lipinski definition) is 15. The van der Waals surface area contributed by atoms with Crippen molar-refractivity contribution in [2.75, 3.05) is 59.2 Å². The number of aliphatic imine (C=N–C) groups is 1. The highest BCUT2D eigenvalue weighted by atomic mass is 35.5. The number of aromatic nitrogens is 1. The number of phenols is 1. The first-order valence-electron chi connectivity index (χ1n) is 25.7. The molecule has 1 aliphatic carbocycles. The number of aliphatic hydroxyl groups excluding tert-OH is 2. The van der Waals surface area contributed by atoms with Crippen molar-refractivity contribution in [1.82, 2.24) is 10.3 Å². The average Bonchev–Trinajstić information content (AvgIpc) is 4.01. The van der Waals surface area contributed by atoms with Gasteiger partial charge in [0, 0.05) is 66.7 Å². The second kappa shape index (κ2) is 33.7. The van der Waals surface area contributed by atoms with Crippen molar-refractivity contribution < 1.29 is 61.9 Å². The van der Waals surface area contributed by atoms with Crippen LogP contribution in [0, 0.1) is 18.8 Å². The van der Waals surface area contributed by atoms with Crippen LogP contribution < -0.4 is 29.2 Å². The van der Waals surface area contributed by atoms with E-state index >= 15 is 0 Å². The number of anilines is 2. The lowest BCUT2D eigenvalue weighted by Crippen LogP contribution is -2.32. The van der Waals surface area contributed by atoms with Crippen LogP contribution in [0.3, 0.4) is 0 Å². The predicted molar refractivity (Wildman–Crippen MR) is 306 cm³/mol. The smallest absolute Gasteiger partial charge is 0.303 e. The number of aliphatic carboxylic acids is 1. The molecule has 1 saturated carbocycles. The van der Waals surface area contributed by atoms with Gasteiger partial charge in [-0.15, -0.1) is 12.4 Å². The molecule has 6 N–H and O–H groups in total. The molecule has 0 spiro atoms. The third-order valence-electron chi connectivity index (χ3n) is 12.8. The van der Waals surface area contributed by atoms with Gasteiger partial charge < -0.3 is 49.6 Å². The molecule has 1 aromatic heterocycles. The predicted octanol–water partition coefficient (Wildman–Crippen LogP) is 10.1. The third-order valence-corrected chi connectivity index (χ3v) is 12.8. The standard InChI is InChI=1S/C20H21NO4.C20H34O5.C17H19N3O.CH4O3S.ClH/c1-22-17-6-5-13(10-18(17)23-2)9-16-15-12-20(25-4)19(24-3)11-14(15)7-8-21-16;1-2-3-6-9-15(21)12-13-17-16(18(22)14-19(17)23)10-7-4-5-8-11-20(24)25;1-13-5-7-14(8-6-13)20(12-17-18-9-10-19-17)15-3-2-4-16(21)11-15;1-5(2,3)4;/h5-8,10-12H,9H2,1-4H3;12-13,15-17,19,21,23H,2-11,14H2,1H3,(H,24,25);2-8,11,21H,9-10,12H2,1H3,(H,18,19);1H3,(H,2,3,4);1H/b;13-12+;;;/t;15-,16+,17+,19+;;;/m.0.../s1. The highest BCUT2D eigenvalue weighted by Gasteiger charge is 2.39. The number of nitrogens with zero attached hydrogens (tertiary/aromatic N) is 3. The minimum absolute atomic E-state index is 0. The molecule has 0 amide bonds. The van der Waals surface area contributed by atoms with Gasteiger partial charge in [-0.3, -0.25) is 24.1 Å². The number of benzene rings is 4. The fourth-order valence-electron chi connectivity index (χ4n) is 8.85. The first kappa shape index (κ1) is 64.8. The van der Waals surface area contributed by atoms with Crippen LogP contribution in [-0.2, 0) is 26.1 Å². The number of rotatable bonds is 23. The van der Waals surface area contributed by atoms with Gasteiger partial charge in [-0.1, -0.05) is 87.4 Å². The summed E-state index contributed by atoms with van der Waals surface area (Å²) in [5.74, 6) is 3.04. The number of hydrogen-bond donors (Lipinski definition) is 6. The fraction of sp³-hybridized carbons (Fsp3) is 0.448. The van der Waals surface area contributed by atoms with Gasteiger partial charge in [0.05, 0.1) is 65.7 Å². The first-order chi connectivity index (χ1) is 36.4. The van der Waals surface area contributed by atoms with E-state index in [1.54, 1.807) is 46.6 Å². The molecule has 17 nitrogen and oxygen atoms in total. The number of aryl methyl sites for hydroxylation is 1. The Balaban J connectivity index is 0.000000290. The number of Topliss-reactive ketones (excluding diaryl/α,β-unsaturated/α-hetero) is 1. The van der Waals surface area contributed by atoms with Crippen LogP contribution in [0.5, 0.6) is 28.7 Å². The van der Waals surface area contributed by atoms with Crippen LogP contribution in [-0.4, -0.2) is 123 Å². The van der Waals surface area contributed by atoms with E-state index in [0.717, 1.165) is 104 Å². The number of methoxy groups -OCH3 is 4. The second-order valence-corrected chi connectivity index (χ2v) is 20.2. The van der Waals surface area contributed by atoms with E-state index in [-0.39, 0.29) is 48.6 Å². The van der Waals surface area contributed by atoms with Crippen LogP contribution in [0.4, 0.5) is 11.4 Å². The summed E-state index contributed by atoms with van der Waals surface area (Å²) in [5.41, 5.74) is 5.32. The molecule has 0 unspecified atom stereocenters. The lowest BCUT2D eigenvalue weighted by molar-refractivity contribution is -0.137. The van der Waals surface area contributed by atoms with Gasteiger partial charge in [0.2, 0.25) is 0 Å². The molecular weight excluding hydrogens is 1030 g/mol. The van der Waals surface area contributed by atoms with Crippen LogP contribution in [0.25, 0.3) is 10.8 Å². The van der Waals surface area contributed by atoms with E-state index in [2.05, 4.69) is 58.3 Å². The Morgan fingerprint density at radius 3 is 2.14 bits per heavy atom. The summed E-state index contributed by atoms with van der Waals surface area (Å²) in [4.78, 5) is 33.8. The number of amidine groups is 1. The zero-order valence-corrected chi connectivity index (χ0v) is 47.0. The van der Waals surface area contributed by atoms with Crippen LogP contribution >= 0.6 is 12.4 Å². The monoisotopic (exact) mass is 1110 g/mol. The molecule has 1 fully saturated rings.